The molecule has 7 heteroatoms. The first-order valence-corrected chi connectivity index (χ1v) is 9.28. The molecule has 0 spiro atoms. The number of amides is 1. The number of nitrogens with zero attached hydrogens (tertiary/aromatic N) is 4. The van der Waals surface area contributed by atoms with Gasteiger partial charge in [0.05, 0.1) is 23.0 Å². The molecule has 4 rings (SSSR count). The second-order valence-corrected chi connectivity index (χ2v) is 6.68. The van der Waals surface area contributed by atoms with Crippen LogP contribution in [-0.4, -0.2) is 25.2 Å². The fourth-order valence-corrected chi connectivity index (χ4v) is 3.36. The molecule has 7 nitrogen and oxygen atoms in total. The number of aryl methyl sites for hydroxylation is 2. The lowest BCUT2D eigenvalue weighted by Crippen LogP contribution is -2.31. The predicted octanol–water partition coefficient (Wildman–Crippen LogP) is 2.62. The van der Waals surface area contributed by atoms with E-state index < -0.39 is 0 Å². The van der Waals surface area contributed by atoms with Gasteiger partial charge in [0.2, 0.25) is 0 Å². The highest BCUT2D eigenvalue weighted by Gasteiger charge is 2.17. The number of hydrogen-bond acceptors (Lipinski definition) is 4. The van der Waals surface area contributed by atoms with Crippen LogP contribution in [0.3, 0.4) is 0 Å². The van der Waals surface area contributed by atoms with Gasteiger partial charge in [0.15, 0.2) is 5.69 Å². The van der Waals surface area contributed by atoms with Gasteiger partial charge in [0.1, 0.15) is 5.82 Å². The van der Waals surface area contributed by atoms with E-state index in [9.17, 15) is 9.59 Å². The van der Waals surface area contributed by atoms with Crippen LogP contribution in [0.4, 0.5) is 0 Å². The highest BCUT2D eigenvalue weighted by atomic mass is 16.2. The fourth-order valence-electron chi connectivity index (χ4n) is 3.36. The molecule has 4 aromatic rings. The van der Waals surface area contributed by atoms with E-state index in [4.69, 9.17) is 0 Å². The third-order valence-corrected chi connectivity index (χ3v) is 4.81. The standard InChI is InChI=1S/C21H21N5O2/c1-3-12-26-21(28)15-9-5-4-8-14(15)19(24-26)20(27)22-13-18-23-16-10-6-7-11-17(16)25(18)2/h4-11H,3,12-13H2,1-2H3,(H,22,27). The molecule has 0 fully saturated rings. The topological polar surface area (TPSA) is 81.8 Å². The number of para-hydroxylation sites is 2. The van der Waals surface area contributed by atoms with Gasteiger partial charge in [-0.3, -0.25) is 9.59 Å². The second-order valence-electron chi connectivity index (χ2n) is 6.68. The molecular formula is C21H21N5O2. The van der Waals surface area contributed by atoms with Gasteiger partial charge in [0, 0.05) is 19.0 Å². The molecule has 0 bridgehead atoms. The summed E-state index contributed by atoms with van der Waals surface area (Å²) in [5.41, 5.74) is 1.97. The highest BCUT2D eigenvalue weighted by Crippen LogP contribution is 2.16. The minimum Gasteiger partial charge on any atom is -0.343 e. The van der Waals surface area contributed by atoms with E-state index in [1.165, 1.54) is 4.68 Å². The second kappa shape index (κ2) is 7.26. The SMILES string of the molecule is CCCn1nc(C(=O)NCc2nc3ccccc3n2C)c2ccccc2c1=O. The molecule has 0 unspecified atom stereocenters. The van der Waals surface area contributed by atoms with Gasteiger partial charge < -0.3 is 9.88 Å². The van der Waals surface area contributed by atoms with Gasteiger partial charge in [-0.2, -0.15) is 5.10 Å². The van der Waals surface area contributed by atoms with E-state index in [0.717, 1.165) is 23.3 Å². The number of rotatable bonds is 5. The Morgan fingerprint density at radius 2 is 1.79 bits per heavy atom. The molecule has 2 aromatic carbocycles. The Kier molecular flexibility index (Phi) is 4.65. The third-order valence-electron chi connectivity index (χ3n) is 4.81. The van der Waals surface area contributed by atoms with E-state index in [1.54, 1.807) is 24.3 Å². The smallest absolute Gasteiger partial charge is 0.274 e. The largest absolute Gasteiger partial charge is 0.343 e. The predicted molar refractivity (Wildman–Crippen MR) is 108 cm³/mol. The minimum atomic E-state index is -0.326. The van der Waals surface area contributed by atoms with Crippen LogP contribution < -0.4 is 10.9 Å². The molecule has 1 N–H and O–H groups in total. The first-order valence-electron chi connectivity index (χ1n) is 9.28. The minimum absolute atomic E-state index is 0.177. The lowest BCUT2D eigenvalue weighted by Gasteiger charge is -2.11. The maximum atomic E-state index is 12.9. The summed E-state index contributed by atoms with van der Waals surface area (Å²) in [6.07, 6.45) is 0.756. The Bertz CT molecular complexity index is 1240. The van der Waals surface area contributed by atoms with Crippen molar-refractivity contribution in [3.8, 4) is 0 Å². The number of carbonyl (C=O) groups is 1. The van der Waals surface area contributed by atoms with Gasteiger partial charge >= 0.3 is 0 Å². The van der Waals surface area contributed by atoms with Crippen molar-refractivity contribution in [2.75, 3.05) is 0 Å². The summed E-state index contributed by atoms with van der Waals surface area (Å²) in [6, 6.07) is 14.9. The van der Waals surface area contributed by atoms with Crippen molar-refractivity contribution in [1.82, 2.24) is 24.6 Å². The molecule has 0 saturated carbocycles. The molecule has 0 saturated heterocycles. The molecule has 0 aliphatic carbocycles. The van der Waals surface area contributed by atoms with Gasteiger partial charge in [-0.1, -0.05) is 37.3 Å². The van der Waals surface area contributed by atoms with E-state index >= 15 is 0 Å². The Balaban J connectivity index is 1.67. The number of carbonyl (C=O) groups excluding carboxylic acids is 1. The van der Waals surface area contributed by atoms with E-state index in [-0.39, 0.29) is 23.7 Å². The lowest BCUT2D eigenvalue weighted by atomic mass is 10.1. The van der Waals surface area contributed by atoms with Crippen molar-refractivity contribution in [1.29, 1.82) is 0 Å². The number of aromatic nitrogens is 4. The molecule has 0 aliphatic rings. The van der Waals surface area contributed by atoms with Crippen LogP contribution in [0.25, 0.3) is 21.8 Å². The lowest BCUT2D eigenvalue weighted by molar-refractivity contribution is 0.0944. The van der Waals surface area contributed by atoms with Gasteiger partial charge in [-0.05, 0) is 24.6 Å². The summed E-state index contributed by atoms with van der Waals surface area (Å²) in [6.45, 7) is 2.70. The first-order chi connectivity index (χ1) is 13.6. The average molecular weight is 375 g/mol. The Morgan fingerprint density at radius 1 is 1.07 bits per heavy atom. The van der Waals surface area contributed by atoms with Crippen LogP contribution in [0, 0.1) is 0 Å². The van der Waals surface area contributed by atoms with Crippen molar-refractivity contribution >= 4 is 27.7 Å². The van der Waals surface area contributed by atoms with Crippen LogP contribution in [-0.2, 0) is 20.1 Å². The van der Waals surface area contributed by atoms with E-state index in [0.29, 0.717) is 17.3 Å². The van der Waals surface area contributed by atoms with Crippen molar-refractivity contribution in [3.63, 3.8) is 0 Å². The molecule has 2 aromatic heterocycles. The zero-order chi connectivity index (χ0) is 19.7. The Morgan fingerprint density at radius 3 is 2.54 bits per heavy atom. The summed E-state index contributed by atoms with van der Waals surface area (Å²) < 4.78 is 3.32. The first kappa shape index (κ1) is 17.9. The monoisotopic (exact) mass is 375 g/mol. The van der Waals surface area contributed by atoms with E-state index in [2.05, 4.69) is 15.4 Å². The van der Waals surface area contributed by atoms with Crippen LogP contribution >= 0.6 is 0 Å². The summed E-state index contributed by atoms with van der Waals surface area (Å²) in [5, 5.41) is 8.29. The molecule has 0 atom stereocenters. The molecule has 2 heterocycles. The highest BCUT2D eigenvalue weighted by molar-refractivity contribution is 6.04. The molecular weight excluding hydrogens is 354 g/mol. The Hall–Kier alpha value is -3.48. The summed E-state index contributed by atoms with van der Waals surface area (Å²) >= 11 is 0. The number of hydrogen-bond donors (Lipinski definition) is 1. The number of benzene rings is 2. The van der Waals surface area contributed by atoms with Crippen molar-refractivity contribution in [2.45, 2.75) is 26.4 Å². The summed E-state index contributed by atoms with van der Waals surface area (Å²) in [7, 11) is 1.92. The fraction of sp³-hybridized carbons (Fsp3) is 0.238. The third kappa shape index (κ3) is 3.05. The summed E-state index contributed by atoms with van der Waals surface area (Å²) in [5.74, 6) is 0.425. The van der Waals surface area contributed by atoms with Gasteiger partial charge in [0.25, 0.3) is 11.5 Å². The summed E-state index contributed by atoms with van der Waals surface area (Å²) in [4.78, 5) is 30.0. The average Bonchev–Trinajstić information content (AvgIpc) is 3.04. The van der Waals surface area contributed by atoms with Gasteiger partial charge in [-0.15, -0.1) is 0 Å². The van der Waals surface area contributed by atoms with Crippen LogP contribution in [0.1, 0.15) is 29.7 Å². The van der Waals surface area contributed by atoms with E-state index in [1.807, 2.05) is 42.8 Å². The molecule has 142 valence electrons. The molecule has 0 aliphatic heterocycles. The number of nitrogens with one attached hydrogen (secondary N) is 1. The molecule has 28 heavy (non-hydrogen) atoms. The zero-order valence-electron chi connectivity index (χ0n) is 15.8. The zero-order valence-corrected chi connectivity index (χ0v) is 15.8. The quantitative estimate of drug-likeness (QED) is 0.581. The van der Waals surface area contributed by atoms with Crippen LogP contribution in [0.2, 0.25) is 0 Å². The van der Waals surface area contributed by atoms with Gasteiger partial charge in [-0.25, -0.2) is 9.67 Å². The Labute approximate surface area is 161 Å². The number of fused-ring (bicyclic) bond motifs is 2. The van der Waals surface area contributed by atoms with Crippen LogP contribution in [0.5, 0.6) is 0 Å². The molecule has 0 radical (unpaired) electrons. The number of imidazole rings is 1. The van der Waals surface area contributed by atoms with Crippen molar-refractivity contribution < 1.29 is 4.79 Å². The molecule has 1 amide bonds. The maximum Gasteiger partial charge on any atom is 0.274 e. The van der Waals surface area contributed by atoms with Crippen molar-refractivity contribution in [2.24, 2.45) is 7.05 Å². The van der Waals surface area contributed by atoms with Crippen LogP contribution in [0.15, 0.2) is 53.3 Å². The normalized spacial score (nSPS) is 11.2. The van der Waals surface area contributed by atoms with Crippen molar-refractivity contribution in [3.05, 3.63) is 70.4 Å². The maximum absolute atomic E-state index is 12.9.